The predicted molar refractivity (Wildman–Crippen MR) is 92.1 cm³/mol. The van der Waals surface area contributed by atoms with Crippen LogP contribution in [-0.2, 0) is 10.0 Å². The Labute approximate surface area is 142 Å². The van der Waals surface area contributed by atoms with Crippen LogP contribution >= 0.6 is 11.6 Å². The Morgan fingerprint density at radius 1 is 1.09 bits per heavy atom. The minimum Gasteiger partial charge on any atom is -0.478 e. The third kappa shape index (κ3) is 3.97. The molecule has 0 saturated heterocycles. The lowest BCUT2D eigenvalue weighted by Crippen LogP contribution is -2.31. The van der Waals surface area contributed by atoms with Crippen molar-refractivity contribution in [1.29, 1.82) is 0 Å². The predicted octanol–water partition coefficient (Wildman–Crippen LogP) is 2.91. The highest BCUT2D eigenvalue weighted by Crippen LogP contribution is 2.32. The van der Waals surface area contributed by atoms with Crippen LogP contribution in [0, 0.1) is 0 Å². The number of carboxylic acid groups (broad SMARTS) is 1. The van der Waals surface area contributed by atoms with Crippen molar-refractivity contribution in [2.24, 2.45) is 0 Å². The normalized spacial score (nSPS) is 11.7. The second-order valence-corrected chi connectivity index (χ2v) is 7.18. The van der Waals surface area contributed by atoms with E-state index in [1.165, 1.54) is 10.4 Å². The van der Waals surface area contributed by atoms with Crippen LogP contribution in [0.25, 0.3) is 0 Å². The molecule has 0 amide bonds. The third-order valence-corrected chi connectivity index (χ3v) is 6.22. The number of carboxylic acids is 1. The van der Waals surface area contributed by atoms with Gasteiger partial charge in [0, 0.05) is 26.2 Å². The molecule has 130 valence electrons. The van der Waals surface area contributed by atoms with Crippen LogP contribution in [0.3, 0.4) is 0 Å². The van der Waals surface area contributed by atoms with Gasteiger partial charge in [0.25, 0.3) is 0 Å². The van der Waals surface area contributed by atoms with E-state index >= 15 is 0 Å². The van der Waals surface area contributed by atoms with Crippen molar-refractivity contribution >= 4 is 33.3 Å². The molecule has 0 aliphatic heterocycles. The van der Waals surface area contributed by atoms with E-state index in [-0.39, 0.29) is 28.6 Å². The number of benzene rings is 1. The molecule has 8 heteroatoms. The molecule has 0 aliphatic carbocycles. The molecule has 0 atom stereocenters. The van der Waals surface area contributed by atoms with E-state index in [9.17, 15) is 18.3 Å². The molecular formula is C15H23ClN2O4S. The smallest absolute Gasteiger partial charge is 0.337 e. The van der Waals surface area contributed by atoms with Crippen molar-refractivity contribution in [2.45, 2.75) is 32.6 Å². The number of halogens is 1. The van der Waals surface area contributed by atoms with Gasteiger partial charge in [-0.05, 0) is 26.0 Å². The fourth-order valence-electron chi connectivity index (χ4n) is 2.44. The van der Waals surface area contributed by atoms with Gasteiger partial charge in [-0.2, -0.15) is 4.31 Å². The van der Waals surface area contributed by atoms with Gasteiger partial charge in [-0.25, -0.2) is 13.2 Å². The van der Waals surface area contributed by atoms with Gasteiger partial charge in [0.05, 0.1) is 16.3 Å². The van der Waals surface area contributed by atoms with E-state index in [2.05, 4.69) is 0 Å². The molecule has 23 heavy (non-hydrogen) atoms. The quantitative estimate of drug-likeness (QED) is 0.769. The van der Waals surface area contributed by atoms with Crippen LogP contribution in [0.4, 0.5) is 5.69 Å². The Bertz CT molecular complexity index is 668. The van der Waals surface area contributed by atoms with E-state index in [4.69, 9.17) is 11.6 Å². The Balaban J connectivity index is 3.61. The molecule has 0 bridgehead atoms. The monoisotopic (exact) mass is 362 g/mol. The summed E-state index contributed by atoms with van der Waals surface area (Å²) in [6.07, 6.45) is 0. The van der Waals surface area contributed by atoms with Gasteiger partial charge in [0.2, 0.25) is 10.0 Å². The van der Waals surface area contributed by atoms with Gasteiger partial charge in [-0.1, -0.05) is 25.4 Å². The van der Waals surface area contributed by atoms with Crippen LogP contribution < -0.4 is 4.90 Å². The summed E-state index contributed by atoms with van der Waals surface area (Å²) in [6.45, 7) is 8.98. The first-order chi connectivity index (χ1) is 10.7. The number of hydrogen-bond acceptors (Lipinski definition) is 4. The maximum Gasteiger partial charge on any atom is 0.337 e. The summed E-state index contributed by atoms with van der Waals surface area (Å²) < 4.78 is 26.5. The number of hydrogen-bond donors (Lipinski definition) is 1. The molecule has 6 nitrogen and oxygen atoms in total. The first-order valence-corrected chi connectivity index (χ1v) is 9.38. The fraction of sp³-hybridized carbons (Fsp3) is 0.533. The summed E-state index contributed by atoms with van der Waals surface area (Å²) >= 11 is 6.18. The molecule has 1 N–H and O–H groups in total. The second kappa shape index (κ2) is 7.99. The number of anilines is 1. The zero-order chi connectivity index (χ0) is 17.8. The van der Waals surface area contributed by atoms with Crippen molar-refractivity contribution < 1.29 is 18.3 Å². The van der Waals surface area contributed by atoms with Crippen molar-refractivity contribution in [3.8, 4) is 0 Å². The number of aromatic carboxylic acids is 1. The standard InChI is InChI=1S/C15H23ClN2O4S/c1-5-17(6-2)13-10-12(16)14(9-11(13)15(19)20)23(21,22)18(7-3)8-4/h9-10H,5-8H2,1-4H3,(H,19,20). The van der Waals surface area contributed by atoms with Crippen LogP contribution in [0.2, 0.25) is 5.02 Å². The van der Waals surface area contributed by atoms with Gasteiger partial charge in [-0.3, -0.25) is 0 Å². The lowest BCUT2D eigenvalue weighted by molar-refractivity contribution is 0.0697. The SMILES string of the molecule is CCN(CC)c1cc(Cl)c(S(=O)(=O)N(CC)CC)cc1C(=O)O. The molecular weight excluding hydrogens is 340 g/mol. The van der Waals surface area contributed by atoms with Crippen LogP contribution in [0.1, 0.15) is 38.1 Å². The number of nitrogens with zero attached hydrogens (tertiary/aromatic N) is 2. The van der Waals surface area contributed by atoms with E-state index in [0.717, 1.165) is 6.07 Å². The molecule has 0 radical (unpaired) electrons. The lowest BCUT2D eigenvalue weighted by atomic mass is 10.1. The van der Waals surface area contributed by atoms with E-state index in [1.807, 2.05) is 18.7 Å². The topological polar surface area (TPSA) is 77.9 Å². The van der Waals surface area contributed by atoms with E-state index < -0.39 is 16.0 Å². The Morgan fingerprint density at radius 2 is 1.61 bits per heavy atom. The molecule has 0 unspecified atom stereocenters. The van der Waals surface area contributed by atoms with Gasteiger partial charge >= 0.3 is 5.97 Å². The Hall–Kier alpha value is -1.31. The van der Waals surface area contributed by atoms with E-state index in [0.29, 0.717) is 18.8 Å². The average molecular weight is 363 g/mol. The zero-order valence-corrected chi connectivity index (χ0v) is 15.4. The minimum absolute atomic E-state index is 0.0313. The van der Waals surface area contributed by atoms with Gasteiger partial charge in [0.1, 0.15) is 4.90 Å². The highest BCUT2D eigenvalue weighted by molar-refractivity contribution is 7.89. The van der Waals surface area contributed by atoms with E-state index in [1.54, 1.807) is 13.8 Å². The second-order valence-electron chi connectivity index (χ2n) is 4.87. The van der Waals surface area contributed by atoms with Gasteiger partial charge in [0.15, 0.2) is 0 Å². The minimum atomic E-state index is -3.82. The first-order valence-electron chi connectivity index (χ1n) is 7.56. The summed E-state index contributed by atoms with van der Waals surface area (Å²) in [5.74, 6) is -1.18. The lowest BCUT2D eigenvalue weighted by Gasteiger charge is -2.25. The molecule has 1 aromatic rings. The number of sulfonamides is 1. The summed E-state index contributed by atoms with van der Waals surface area (Å²) in [5.41, 5.74) is 0.356. The van der Waals surface area contributed by atoms with Gasteiger partial charge in [-0.15, -0.1) is 0 Å². The van der Waals surface area contributed by atoms with Gasteiger partial charge < -0.3 is 10.0 Å². The highest BCUT2D eigenvalue weighted by atomic mass is 35.5. The number of carbonyl (C=O) groups is 1. The van der Waals surface area contributed by atoms with Crippen molar-refractivity contribution in [3.05, 3.63) is 22.7 Å². The molecule has 1 rings (SSSR count). The summed E-state index contributed by atoms with van der Waals surface area (Å²) in [6, 6.07) is 2.58. The van der Waals surface area contributed by atoms with Crippen LogP contribution in [-0.4, -0.2) is 50.0 Å². The van der Waals surface area contributed by atoms with Crippen molar-refractivity contribution in [3.63, 3.8) is 0 Å². The molecule has 1 aromatic carbocycles. The molecule has 0 aromatic heterocycles. The summed E-state index contributed by atoms with van der Waals surface area (Å²) in [7, 11) is -3.82. The average Bonchev–Trinajstić information content (AvgIpc) is 2.48. The molecule has 0 aliphatic rings. The summed E-state index contributed by atoms with van der Waals surface area (Å²) in [4.78, 5) is 13.2. The first kappa shape index (κ1) is 19.7. The highest BCUT2D eigenvalue weighted by Gasteiger charge is 2.28. The molecule has 0 fully saturated rings. The summed E-state index contributed by atoms with van der Waals surface area (Å²) in [5, 5.41) is 9.49. The Kier molecular flexibility index (Phi) is 6.85. The fourth-order valence-corrected chi connectivity index (χ4v) is 4.42. The van der Waals surface area contributed by atoms with Crippen molar-refractivity contribution in [2.75, 3.05) is 31.1 Å². The van der Waals surface area contributed by atoms with Crippen LogP contribution in [0.15, 0.2) is 17.0 Å². The number of rotatable bonds is 8. The molecule has 0 spiro atoms. The Morgan fingerprint density at radius 3 is 2.00 bits per heavy atom. The maximum absolute atomic E-state index is 12.6. The van der Waals surface area contributed by atoms with Crippen LogP contribution in [0.5, 0.6) is 0 Å². The largest absolute Gasteiger partial charge is 0.478 e. The zero-order valence-electron chi connectivity index (χ0n) is 13.8. The van der Waals surface area contributed by atoms with Crippen molar-refractivity contribution in [1.82, 2.24) is 4.31 Å². The molecule has 0 saturated carbocycles. The third-order valence-electron chi connectivity index (χ3n) is 3.71. The maximum atomic E-state index is 12.6. The molecule has 0 heterocycles.